The number of benzene rings is 2. The van der Waals surface area contributed by atoms with Crippen LogP contribution in [-0.4, -0.2) is 22.6 Å². The van der Waals surface area contributed by atoms with E-state index >= 15 is 0 Å². The molecule has 25 heavy (non-hydrogen) atoms. The van der Waals surface area contributed by atoms with E-state index in [9.17, 15) is 8.42 Å². The van der Waals surface area contributed by atoms with Crippen LogP contribution in [0, 0.1) is 0 Å². The number of sulfonamides is 1. The van der Waals surface area contributed by atoms with Gasteiger partial charge in [-0.1, -0.05) is 12.1 Å². The summed E-state index contributed by atoms with van der Waals surface area (Å²) in [6, 6.07) is 10.8. The minimum absolute atomic E-state index is 0.194. The zero-order chi connectivity index (χ0) is 17.9. The van der Waals surface area contributed by atoms with Crippen molar-refractivity contribution in [2.24, 2.45) is 0 Å². The van der Waals surface area contributed by atoms with Gasteiger partial charge in [0.1, 0.15) is 0 Å². The Morgan fingerprint density at radius 2 is 1.64 bits per heavy atom. The summed E-state index contributed by atoms with van der Waals surface area (Å²) in [6.07, 6.45) is 4.29. The van der Waals surface area contributed by atoms with E-state index in [-0.39, 0.29) is 6.54 Å². The fourth-order valence-electron chi connectivity index (χ4n) is 3.13. The van der Waals surface area contributed by atoms with Crippen molar-refractivity contribution in [3.05, 3.63) is 53.1 Å². The smallest absolute Gasteiger partial charge is 0.240 e. The van der Waals surface area contributed by atoms with Gasteiger partial charge in [0.25, 0.3) is 0 Å². The molecule has 0 radical (unpaired) electrons. The molecule has 0 aromatic heterocycles. The van der Waals surface area contributed by atoms with E-state index in [1.54, 1.807) is 32.4 Å². The average molecular weight is 361 g/mol. The molecule has 3 rings (SSSR count). The summed E-state index contributed by atoms with van der Waals surface area (Å²) in [4.78, 5) is 0.327. The molecule has 134 valence electrons. The number of hydrogen-bond donors (Lipinski definition) is 1. The van der Waals surface area contributed by atoms with Gasteiger partial charge in [-0.15, -0.1) is 0 Å². The minimum Gasteiger partial charge on any atom is -0.493 e. The van der Waals surface area contributed by atoms with Crippen LogP contribution in [-0.2, 0) is 29.4 Å². The van der Waals surface area contributed by atoms with Crippen LogP contribution in [0.1, 0.15) is 29.5 Å². The molecule has 1 N–H and O–H groups in total. The fraction of sp³-hybridized carbons (Fsp3) is 0.368. The third kappa shape index (κ3) is 3.96. The predicted octanol–water partition coefficient (Wildman–Crippen LogP) is 3.06. The third-order valence-corrected chi connectivity index (χ3v) is 5.94. The number of hydrogen-bond acceptors (Lipinski definition) is 4. The van der Waals surface area contributed by atoms with E-state index in [1.807, 2.05) is 18.2 Å². The summed E-state index contributed by atoms with van der Waals surface area (Å²) in [7, 11) is -0.429. The third-order valence-electron chi connectivity index (χ3n) is 4.54. The Morgan fingerprint density at radius 1 is 0.920 bits per heavy atom. The zero-order valence-corrected chi connectivity index (χ0v) is 15.4. The lowest BCUT2D eigenvalue weighted by Crippen LogP contribution is -2.23. The van der Waals surface area contributed by atoms with Crippen molar-refractivity contribution in [2.75, 3.05) is 14.2 Å². The molecule has 1 aliphatic rings. The first-order valence-electron chi connectivity index (χ1n) is 8.36. The van der Waals surface area contributed by atoms with Crippen LogP contribution in [0.25, 0.3) is 0 Å². The van der Waals surface area contributed by atoms with Gasteiger partial charge in [0, 0.05) is 6.54 Å². The number of ether oxygens (including phenoxy) is 2. The van der Waals surface area contributed by atoms with E-state index in [2.05, 4.69) is 4.72 Å². The summed E-state index contributed by atoms with van der Waals surface area (Å²) >= 11 is 0. The molecule has 0 spiro atoms. The van der Waals surface area contributed by atoms with E-state index < -0.39 is 10.0 Å². The SMILES string of the molecule is COc1ccc(CNS(=O)(=O)c2ccc3c(c2)CCCC3)cc1OC. The van der Waals surface area contributed by atoms with Crippen LogP contribution in [0.3, 0.4) is 0 Å². The molecule has 2 aromatic carbocycles. The van der Waals surface area contributed by atoms with Crippen LogP contribution in [0.4, 0.5) is 0 Å². The summed E-state index contributed by atoms with van der Waals surface area (Å²) in [6.45, 7) is 0.194. The van der Waals surface area contributed by atoms with Gasteiger partial charge >= 0.3 is 0 Å². The van der Waals surface area contributed by atoms with Gasteiger partial charge in [0.05, 0.1) is 19.1 Å². The van der Waals surface area contributed by atoms with Crippen LogP contribution in [0.5, 0.6) is 11.5 Å². The average Bonchev–Trinajstić information content (AvgIpc) is 2.65. The molecule has 0 unspecified atom stereocenters. The van der Waals surface area contributed by atoms with Gasteiger partial charge in [-0.2, -0.15) is 0 Å². The maximum Gasteiger partial charge on any atom is 0.240 e. The lowest BCUT2D eigenvalue weighted by molar-refractivity contribution is 0.354. The van der Waals surface area contributed by atoms with E-state index in [1.165, 1.54) is 12.0 Å². The van der Waals surface area contributed by atoms with Crippen molar-refractivity contribution in [3.8, 4) is 11.5 Å². The summed E-state index contributed by atoms with van der Waals surface area (Å²) in [5, 5.41) is 0. The monoisotopic (exact) mass is 361 g/mol. The molecule has 5 nitrogen and oxygen atoms in total. The molecule has 0 amide bonds. The second-order valence-corrected chi connectivity index (χ2v) is 7.92. The Hall–Kier alpha value is -2.05. The van der Waals surface area contributed by atoms with Gasteiger partial charge < -0.3 is 9.47 Å². The van der Waals surface area contributed by atoms with Crippen molar-refractivity contribution >= 4 is 10.0 Å². The van der Waals surface area contributed by atoms with Crippen LogP contribution >= 0.6 is 0 Å². The number of methoxy groups -OCH3 is 2. The van der Waals surface area contributed by atoms with Gasteiger partial charge in [0.15, 0.2) is 11.5 Å². The highest BCUT2D eigenvalue weighted by molar-refractivity contribution is 7.89. The second kappa shape index (κ2) is 7.45. The van der Waals surface area contributed by atoms with Crippen LogP contribution in [0.15, 0.2) is 41.3 Å². The molecule has 6 heteroatoms. The molecule has 0 aliphatic heterocycles. The Balaban J connectivity index is 1.76. The van der Waals surface area contributed by atoms with Crippen LogP contribution in [0.2, 0.25) is 0 Å². The van der Waals surface area contributed by atoms with Gasteiger partial charge in [-0.25, -0.2) is 13.1 Å². The highest BCUT2D eigenvalue weighted by Crippen LogP contribution is 2.28. The number of nitrogens with one attached hydrogen (secondary N) is 1. The van der Waals surface area contributed by atoms with Gasteiger partial charge in [-0.3, -0.25) is 0 Å². The summed E-state index contributed by atoms with van der Waals surface area (Å²) in [5.41, 5.74) is 3.23. The maximum absolute atomic E-state index is 12.6. The quantitative estimate of drug-likeness (QED) is 0.859. The summed E-state index contributed by atoms with van der Waals surface area (Å²) < 4.78 is 38.3. The number of fused-ring (bicyclic) bond motifs is 1. The number of rotatable bonds is 6. The molecular weight excluding hydrogens is 338 g/mol. The van der Waals surface area contributed by atoms with Crippen molar-refractivity contribution in [1.82, 2.24) is 4.72 Å². The molecular formula is C19H23NO4S. The van der Waals surface area contributed by atoms with E-state index in [0.29, 0.717) is 16.4 Å². The zero-order valence-electron chi connectivity index (χ0n) is 14.5. The second-order valence-electron chi connectivity index (χ2n) is 6.15. The van der Waals surface area contributed by atoms with Crippen molar-refractivity contribution < 1.29 is 17.9 Å². The first kappa shape index (κ1) is 17.8. The topological polar surface area (TPSA) is 64.6 Å². The maximum atomic E-state index is 12.6. The largest absolute Gasteiger partial charge is 0.493 e. The molecule has 1 aliphatic carbocycles. The number of aryl methyl sites for hydroxylation is 2. The fourth-order valence-corrected chi connectivity index (χ4v) is 4.20. The molecule has 2 aromatic rings. The summed E-state index contributed by atoms with van der Waals surface area (Å²) in [5.74, 6) is 1.19. The normalized spacial score (nSPS) is 14.0. The molecule has 0 heterocycles. The van der Waals surface area contributed by atoms with Crippen molar-refractivity contribution in [2.45, 2.75) is 37.1 Å². The molecule has 0 atom stereocenters. The van der Waals surface area contributed by atoms with E-state index in [4.69, 9.17) is 9.47 Å². The van der Waals surface area contributed by atoms with Crippen molar-refractivity contribution in [1.29, 1.82) is 0 Å². The Kier molecular flexibility index (Phi) is 5.30. The highest BCUT2D eigenvalue weighted by Gasteiger charge is 2.18. The Labute approximate surface area is 149 Å². The molecule has 0 bridgehead atoms. The molecule has 0 fully saturated rings. The first-order chi connectivity index (χ1) is 12.0. The van der Waals surface area contributed by atoms with Crippen LogP contribution < -0.4 is 14.2 Å². The minimum atomic E-state index is -3.55. The standard InChI is InChI=1S/C19H23NO4S/c1-23-18-10-7-14(11-19(18)24-2)13-20-25(21,22)17-9-8-15-5-3-4-6-16(15)12-17/h7-12,20H,3-6,13H2,1-2H3. The van der Waals surface area contributed by atoms with Crippen molar-refractivity contribution in [3.63, 3.8) is 0 Å². The molecule has 0 saturated carbocycles. The highest BCUT2D eigenvalue weighted by atomic mass is 32.2. The van der Waals surface area contributed by atoms with Gasteiger partial charge in [0.2, 0.25) is 10.0 Å². The first-order valence-corrected chi connectivity index (χ1v) is 9.84. The molecule has 0 saturated heterocycles. The Morgan fingerprint density at radius 3 is 2.36 bits per heavy atom. The van der Waals surface area contributed by atoms with E-state index in [0.717, 1.165) is 30.4 Å². The lowest BCUT2D eigenvalue weighted by atomic mass is 9.92. The lowest BCUT2D eigenvalue weighted by Gasteiger charge is -2.17. The van der Waals surface area contributed by atoms with Gasteiger partial charge in [-0.05, 0) is 66.6 Å². The Bertz CT molecular complexity index is 862. The predicted molar refractivity (Wildman–Crippen MR) is 96.7 cm³/mol.